The van der Waals surface area contributed by atoms with Gasteiger partial charge in [0.2, 0.25) is 8.32 Å². The lowest BCUT2D eigenvalue weighted by Crippen LogP contribution is -2.44. The Balaban J connectivity index is 1.71. The van der Waals surface area contributed by atoms with Crippen molar-refractivity contribution >= 4 is 8.32 Å². The average Bonchev–Trinajstić information content (AvgIpc) is 3.09. The summed E-state index contributed by atoms with van der Waals surface area (Å²) < 4.78 is 11.4. The Morgan fingerprint density at radius 3 is 2.63 bits per heavy atom. The highest BCUT2D eigenvalue weighted by atomic mass is 28.4. The van der Waals surface area contributed by atoms with Gasteiger partial charge in [-0.1, -0.05) is 26.8 Å². The van der Waals surface area contributed by atoms with Gasteiger partial charge in [0.1, 0.15) is 5.75 Å². The molecule has 0 fully saturated rings. The van der Waals surface area contributed by atoms with E-state index < -0.39 is 19.8 Å². The van der Waals surface area contributed by atoms with E-state index in [1.54, 1.807) is 18.6 Å². The Morgan fingerprint density at radius 1 is 1.33 bits per heavy atom. The molecular formula is C22H29NO3Si. The van der Waals surface area contributed by atoms with Crippen molar-refractivity contribution in [3.8, 4) is 11.8 Å². The summed E-state index contributed by atoms with van der Waals surface area (Å²) in [5.41, 5.74) is 2.52. The molecule has 4 nitrogen and oxygen atoms in total. The third-order valence-electron chi connectivity index (χ3n) is 6.25. The van der Waals surface area contributed by atoms with Crippen LogP contribution in [0.25, 0.3) is 0 Å². The first-order valence-electron chi connectivity index (χ1n) is 9.52. The van der Waals surface area contributed by atoms with E-state index in [1.807, 2.05) is 12.1 Å². The van der Waals surface area contributed by atoms with Crippen molar-refractivity contribution in [2.45, 2.75) is 69.7 Å². The number of aliphatic hydroxyl groups is 1. The van der Waals surface area contributed by atoms with Gasteiger partial charge in [-0.15, -0.1) is 0 Å². The van der Waals surface area contributed by atoms with Crippen molar-refractivity contribution < 1.29 is 13.9 Å². The Bertz CT molecular complexity index is 845. The highest BCUT2D eigenvalue weighted by molar-refractivity contribution is 6.74. The maximum atomic E-state index is 10.3. The maximum absolute atomic E-state index is 10.3. The third kappa shape index (κ3) is 3.69. The molecule has 1 aromatic carbocycles. The molecule has 1 N–H and O–H groups in total. The van der Waals surface area contributed by atoms with E-state index in [4.69, 9.17) is 8.84 Å². The van der Waals surface area contributed by atoms with Crippen molar-refractivity contribution in [1.82, 2.24) is 0 Å². The lowest BCUT2D eigenvalue weighted by molar-refractivity contribution is 0.154. The first kappa shape index (κ1) is 19.7. The lowest BCUT2D eigenvalue weighted by atomic mass is 9.62. The maximum Gasteiger partial charge on any atom is 0.250 e. The number of furan rings is 1. The number of hydrogen-bond acceptors (Lipinski definition) is 4. The monoisotopic (exact) mass is 383 g/mol. The number of nitriles is 1. The fourth-order valence-corrected chi connectivity index (χ4v) is 4.42. The van der Waals surface area contributed by atoms with Gasteiger partial charge >= 0.3 is 0 Å². The second-order valence-corrected chi connectivity index (χ2v) is 13.9. The highest BCUT2D eigenvalue weighted by Gasteiger charge is 2.44. The summed E-state index contributed by atoms with van der Waals surface area (Å²) in [6.07, 6.45) is 4.40. The molecule has 0 saturated heterocycles. The standard InChI is InChI=1S/C22H29NO3Si/c1-21(2,3)27(4,5)26-18-6-7-19-17(12-18)13-22(19,15-23)10-8-20(24)16-9-11-25-14-16/h6-7,9,11-12,14,20,24H,8,10,13H2,1-5H3. The van der Waals surface area contributed by atoms with Gasteiger partial charge in [-0.2, -0.15) is 5.26 Å². The number of aliphatic hydroxyl groups excluding tert-OH is 1. The molecule has 2 atom stereocenters. The van der Waals surface area contributed by atoms with Crippen LogP contribution in [-0.4, -0.2) is 13.4 Å². The summed E-state index contributed by atoms with van der Waals surface area (Å²) in [5, 5.41) is 20.3. The summed E-state index contributed by atoms with van der Waals surface area (Å²) in [6.45, 7) is 11.2. The molecule has 0 aliphatic heterocycles. The summed E-state index contributed by atoms with van der Waals surface area (Å²) in [5.74, 6) is 0.908. The van der Waals surface area contributed by atoms with Crippen molar-refractivity contribution in [3.05, 3.63) is 53.5 Å². The molecule has 2 unspecified atom stereocenters. The van der Waals surface area contributed by atoms with Gasteiger partial charge in [-0.05, 0) is 66.7 Å². The zero-order valence-corrected chi connectivity index (χ0v) is 17.9. The van der Waals surface area contributed by atoms with E-state index in [0.717, 1.165) is 16.9 Å². The minimum absolute atomic E-state index is 0.148. The normalized spacial score (nSPS) is 20.3. The number of nitrogens with zero attached hydrogens (tertiary/aromatic N) is 1. The molecule has 0 radical (unpaired) electrons. The molecule has 27 heavy (non-hydrogen) atoms. The first-order chi connectivity index (χ1) is 12.6. The molecule has 3 rings (SSSR count). The molecule has 0 spiro atoms. The largest absolute Gasteiger partial charge is 0.543 e. The molecule has 0 amide bonds. The molecule has 0 bridgehead atoms. The molecular weight excluding hydrogens is 354 g/mol. The van der Waals surface area contributed by atoms with Crippen LogP contribution in [0, 0.1) is 11.3 Å². The van der Waals surface area contributed by atoms with Gasteiger partial charge in [0.05, 0.1) is 30.1 Å². The van der Waals surface area contributed by atoms with E-state index in [1.165, 1.54) is 5.56 Å². The molecule has 1 aliphatic carbocycles. The third-order valence-corrected chi connectivity index (χ3v) is 10.6. The van der Waals surface area contributed by atoms with Crippen LogP contribution in [0.4, 0.5) is 0 Å². The molecule has 1 aromatic heterocycles. The smallest absolute Gasteiger partial charge is 0.250 e. The number of hydrogen-bond donors (Lipinski definition) is 1. The van der Waals surface area contributed by atoms with E-state index in [0.29, 0.717) is 19.3 Å². The van der Waals surface area contributed by atoms with E-state index >= 15 is 0 Å². The minimum atomic E-state index is -1.87. The van der Waals surface area contributed by atoms with E-state index in [2.05, 4.69) is 46.0 Å². The van der Waals surface area contributed by atoms with Crippen LogP contribution in [0.5, 0.6) is 5.75 Å². The van der Waals surface area contributed by atoms with Crippen molar-refractivity contribution in [2.24, 2.45) is 0 Å². The van der Waals surface area contributed by atoms with Gasteiger partial charge in [-0.25, -0.2) is 0 Å². The van der Waals surface area contributed by atoms with Gasteiger partial charge < -0.3 is 13.9 Å². The van der Waals surface area contributed by atoms with Crippen molar-refractivity contribution in [1.29, 1.82) is 5.26 Å². The zero-order chi connectivity index (χ0) is 19.9. The van der Waals surface area contributed by atoms with Gasteiger partial charge in [0.15, 0.2) is 0 Å². The average molecular weight is 384 g/mol. The Hall–Kier alpha value is -2.03. The topological polar surface area (TPSA) is 66.4 Å². The van der Waals surface area contributed by atoms with Crippen LogP contribution in [0.1, 0.15) is 56.4 Å². The Labute approximate surface area is 162 Å². The fourth-order valence-electron chi connectivity index (χ4n) is 3.40. The number of fused-ring (bicyclic) bond motifs is 1. The van der Waals surface area contributed by atoms with Gasteiger partial charge in [-0.3, -0.25) is 0 Å². The van der Waals surface area contributed by atoms with E-state index in [9.17, 15) is 10.4 Å². The second kappa shape index (κ2) is 6.85. The van der Waals surface area contributed by atoms with Crippen LogP contribution in [0.15, 0.2) is 41.2 Å². The minimum Gasteiger partial charge on any atom is -0.543 e. The van der Waals surface area contributed by atoms with Gasteiger partial charge in [0.25, 0.3) is 0 Å². The predicted molar refractivity (Wildman–Crippen MR) is 108 cm³/mol. The SMILES string of the molecule is CC(C)(C)[Si](C)(C)Oc1ccc2c(c1)CC2(C#N)CCC(O)c1ccoc1. The van der Waals surface area contributed by atoms with Crippen LogP contribution in [-0.2, 0) is 11.8 Å². The second-order valence-electron chi connectivity index (χ2n) is 9.16. The molecule has 2 aromatic rings. The van der Waals surface area contributed by atoms with Crippen molar-refractivity contribution in [3.63, 3.8) is 0 Å². The summed E-state index contributed by atoms with van der Waals surface area (Å²) >= 11 is 0. The predicted octanol–water partition coefficient (Wildman–Crippen LogP) is 5.49. The summed E-state index contributed by atoms with van der Waals surface area (Å²) in [4.78, 5) is 0. The molecule has 0 saturated carbocycles. The van der Waals surface area contributed by atoms with Crippen molar-refractivity contribution in [2.75, 3.05) is 0 Å². The quantitative estimate of drug-likeness (QED) is 0.669. The Morgan fingerprint density at radius 2 is 2.07 bits per heavy atom. The van der Waals surface area contributed by atoms with Crippen LogP contribution in [0.3, 0.4) is 0 Å². The van der Waals surface area contributed by atoms with Crippen LogP contribution >= 0.6 is 0 Å². The van der Waals surface area contributed by atoms with Crippen LogP contribution in [0.2, 0.25) is 18.1 Å². The van der Waals surface area contributed by atoms with Gasteiger partial charge in [0, 0.05) is 5.56 Å². The zero-order valence-electron chi connectivity index (χ0n) is 16.9. The summed E-state index contributed by atoms with van der Waals surface area (Å²) in [6, 6.07) is 10.4. The van der Waals surface area contributed by atoms with Crippen LogP contribution < -0.4 is 4.43 Å². The lowest BCUT2D eigenvalue weighted by Gasteiger charge is -2.40. The summed E-state index contributed by atoms with van der Waals surface area (Å²) in [7, 11) is -1.87. The van der Waals surface area contributed by atoms with E-state index in [-0.39, 0.29) is 5.04 Å². The highest BCUT2D eigenvalue weighted by Crippen LogP contribution is 2.47. The number of benzene rings is 1. The molecule has 1 aliphatic rings. The first-order valence-corrected chi connectivity index (χ1v) is 12.4. The Kier molecular flexibility index (Phi) is 5.00. The molecule has 5 heteroatoms. The fraction of sp³-hybridized carbons (Fsp3) is 0.500. The number of rotatable bonds is 6. The molecule has 1 heterocycles. The molecule has 144 valence electrons.